The quantitative estimate of drug-likeness (QED) is 0.399. The Labute approximate surface area is 203 Å². The molecule has 1 aliphatic rings. The highest BCUT2D eigenvalue weighted by Gasteiger charge is 2.29. The van der Waals surface area contributed by atoms with Crippen molar-refractivity contribution in [3.8, 4) is 10.6 Å². The molecule has 4 rings (SSSR count). The van der Waals surface area contributed by atoms with Crippen molar-refractivity contribution in [2.45, 2.75) is 25.3 Å². The van der Waals surface area contributed by atoms with E-state index in [0.717, 1.165) is 23.5 Å². The van der Waals surface area contributed by atoms with E-state index in [2.05, 4.69) is 15.4 Å². The van der Waals surface area contributed by atoms with Gasteiger partial charge in [-0.15, -0.1) is 0 Å². The van der Waals surface area contributed by atoms with Gasteiger partial charge in [0.05, 0.1) is 11.8 Å². The molecule has 2 atom stereocenters. The zero-order valence-corrected chi connectivity index (χ0v) is 19.7. The van der Waals surface area contributed by atoms with Crippen molar-refractivity contribution < 1.29 is 23.5 Å². The molecule has 3 aromatic rings. The molecule has 0 unspecified atom stereocenters. The zero-order chi connectivity index (χ0) is 25.3. The van der Waals surface area contributed by atoms with Crippen LogP contribution in [0.3, 0.4) is 0 Å². The molecule has 10 nitrogen and oxygen atoms in total. The maximum absolute atomic E-state index is 14.2. The molecule has 35 heavy (non-hydrogen) atoms. The van der Waals surface area contributed by atoms with Gasteiger partial charge in [0.1, 0.15) is 27.3 Å². The minimum atomic E-state index is -0.886. The van der Waals surface area contributed by atoms with Crippen molar-refractivity contribution in [1.82, 2.24) is 14.8 Å². The van der Waals surface area contributed by atoms with E-state index in [9.17, 15) is 18.4 Å². The molecule has 6 N–H and O–H groups in total. The Hall–Kier alpha value is -3.58. The number of aryl methyl sites for hydroxylation is 1. The molecular formula is C22H25F2N7O3S. The number of thiazole rings is 1. The van der Waals surface area contributed by atoms with Gasteiger partial charge in [-0.05, 0) is 30.9 Å². The standard InChI is InChI=1S/C22H25F2N7O3S/c1-30-22(31-7-5-11(9-16(32)33)14(25)6-8-31)15(10-27-30)28-20(34)18-19(26)35-21(29-18)17-12(23)3-2-4-13(17)24/h2-4,10-11,14H,5-9,25-26H2,1H3,(H,28,34)(H,32,33)/t11-,14+/m1/s1. The fourth-order valence-electron chi connectivity index (χ4n) is 4.26. The Morgan fingerprint density at radius 3 is 2.63 bits per heavy atom. The Kier molecular flexibility index (Phi) is 6.98. The Morgan fingerprint density at radius 1 is 1.26 bits per heavy atom. The van der Waals surface area contributed by atoms with E-state index < -0.39 is 23.5 Å². The Morgan fingerprint density at radius 2 is 1.94 bits per heavy atom. The van der Waals surface area contributed by atoms with Gasteiger partial charge in [0, 0.05) is 32.6 Å². The topological polar surface area (TPSA) is 152 Å². The minimum absolute atomic E-state index is 0.00196. The van der Waals surface area contributed by atoms with Crippen LogP contribution in [0.5, 0.6) is 0 Å². The summed E-state index contributed by atoms with van der Waals surface area (Å²) >= 11 is 0.813. The smallest absolute Gasteiger partial charge is 0.303 e. The fraction of sp³-hybridized carbons (Fsp3) is 0.364. The molecular weight excluding hydrogens is 480 g/mol. The van der Waals surface area contributed by atoms with E-state index >= 15 is 0 Å². The van der Waals surface area contributed by atoms with Gasteiger partial charge >= 0.3 is 5.97 Å². The average Bonchev–Trinajstić information content (AvgIpc) is 3.29. The summed E-state index contributed by atoms with van der Waals surface area (Å²) in [6, 6.07) is 3.19. The second kappa shape index (κ2) is 9.96. The summed E-state index contributed by atoms with van der Waals surface area (Å²) in [7, 11) is 1.72. The molecule has 0 radical (unpaired) electrons. The number of rotatable bonds is 6. The first-order valence-electron chi connectivity index (χ1n) is 10.9. The molecule has 1 fully saturated rings. The predicted molar refractivity (Wildman–Crippen MR) is 128 cm³/mol. The second-order valence-corrected chi connectivity index (χ2v) is 9.40. The summed E-state index contributed by atoms with van der Waals surface area (Å²) in [5.41, 5.74) is 12.1. The van der Waals surface area contributed by atoms with Crippen molar-refractivity contribution in [3.05, 3.63) is 41.7 Å². The largest absolute Gasteiger partial charge is 0.481 e. The number of amides is 1. The molecule has 1 saturated heterocycles. The third kappa shape index (κ3) is 5.10. The lowest BCUT2D eigenvalue weighted by Crippen LogP contribution is -2.31. The lowest BCUT2D eigenvalue weighted by atomic mass is 9.92. The van der Waals surface area contributed by atoms with Crippen LogP contribution in [-0.2, 0) is 11.8 Å². The van der Waals surface area contributed by atoms with Crippen LogP contribution in [0, 0.1) is 17.6 Å². The number of nitrogens with zero attached hydrogens (tertiary/aromatic N) is 4. The number of carboxylic acids is 1. The van der Waals surface area contributed by atoms with Gasteiger partial charge in [-0.2, -0.15) is 5.10 Å². The van der Waals surface area contributed by atoms with E-state index in [0.29, 0.717) is 37.4 Å². The van der Waals surface area contributed by atoms with Crippen molar-refractivity contribution in [3.63, 3.8) is 0 Å². The lowest BCUT2D eigenvalue weighted by Gasteiger charge is -2.24. The molecule has 0 spiro atoms. The molecule has 0 saturated carbocycles. The summed E-state index contributed by atoms with van der Waals surface area (Å²) in [5.74, 6) is -2.68. The first kappa shape index (κ1) is 24.5. The number of carbonyl (C=O) groups excluding carboxylic acids is 1. The number of aliphatic carboxylic acids is 1. The monoisotopic (exact) mass is 505 g/mol. The van der Waals surface area contributed by atoms with Crippen molar-refractivity contribution >= 4 is 39.7 Å². The number of nitrogens with two attached hydrogens (primary N) is 2. The van der Waals surface area contributed by atoms with Gasteiger partial charge in [-0.3, -0.25) is 14.3 Å². The van der Waals surface area contributed by atoms with Crippen molar-refractivity contribution in [2.75, 3.05) is 29.0 Å². The van der Waals surface area contributed by atoms with E-state index in [-0.39, 0.29) is 39.6 Å². The van der Waals surface area contributed by atoms with Crippen LogP contribution in [-0.4, -0.2) is 50.9 Å². The van der Waals surface area contributed by atoms with E-state index in [1.807, 2.05) is 4.90 Å². The minimum Gasteiger partial charge on any atom is -0.481 e. The number of carbonyl (C=O) groups is 2. The molecule has 186 valence electrons. The maximum Gasteiger partial charge on any atom is 0.303 e. The number of aromatic nitrogens is 3. The number of anilines is 3. The van der Waals surface area contributed by atoms with E-state index in [1.54, 1.807) is 11.7 Å². The van der Waals surface area contributed by atoms with Gasteiger partial charge in [0.2, 0.25) is 0 Å². The molecule has 3 heterocycles. The summed E-state index contributed by atoms with van der Waals surface area (Å²) < 4.78 is 29.9. The molecule has 0 bridgehead atoms. The molecule has 1 aromatic carbocycles. The van der Waals surface area contributed by atoms with E-state index in [4.69, 9.17) is 16.6 Å². The molecule has 0 aliphatic carbocycles. The number of halogens is 2. The summed E-state index contributed by atoms with van der Waals surface area (Å²) in [4.78, 5) is 30.3. The van der Waals surface area contributed by atoms with Crippen LogP contribution < -0.4 is 21.7 Å². The van der Waals surface area contributed by atoms with Crippen molar-refractivity contribution in [1.29, 1.82) is 0 Å². The summed E-state index contributed by atoms with van der Waals surface area (Å²) in [6.07, 6.45) is 2.63. The fourth-order valence-corrected chi connectivity index (χ4v) is 5.13. The first-order valence-corrected chi connectivity index (χ1v) is 11.7. The summed E-state index contributed by atoms with van der Waals surface area (Å²) in [5, 5.41) is 16.1. The number of carboxylic acid groups (broad SMARTS) is 1. The Bertz CT molecular complexity index is 1240. The van der Waals surface area contributed by atoms with Crippen LogP contribution in [0.25, 0.3) is 10.6 Å². The molecule has 1 aliphatic heterocycles. The van der Waals surface area contributed by atoms with Crippen LogP contribution >= 0.6 is 11.3 Å². The number of nitrogens with one attached hydrogen (secondary N) is 1. The number of nitrogen functional groups attached to an aromatic ring is 1. The van der Waals surface area contributed by atoms with Gasteiger partial charge in [0.15, 0.2) is 11.5 Å². The summed E-state index contributed by atoms with van der Waals surface area (Å²) in [6.45, 7) is 1.08. The SMILES string of the molecule is Cn1ncc(NC(=O)c2nc(-c3c(F)cccc3F)sc2N)c1N1CC[C@H](CC(=O)O)[C@@H](N)CC1. The second-order valence-electron chi connectivity index (χ2n) is 8.37. The van der Waals surface area contributed by atoms with Gasteiger partial charge in [-0.1, -0.05) is 17.4 Å². The van der Waals surface area contributed by atoms with Gasteiger partial charge < -0.3 is 26.8 Å². The van der Waals surface area contributed by atoms with Crippen LogP contribution in [0.15, 0.2) is 24.4 Å². The lowest BCUT2D eigenvalue weighted by molar-refractivity contribution is -0.138. The van der Waals surface area contributed by atoms with Gasteiger partial charge in [-0.25, -0.2) is 13.8 Å². The third-order valence-electron chi connectivity index (χ3n) is 6.04. The maximum atomic E-state index is 14.2. The predicted octanol–water partition coefficient (Wildman–Crippen LogP) is 2.67. The highest BCUT2D eigenvalue weighted by molar-refractivity contribution is 7.19. The molecule has 13 heteroatoms. The first-order chi connectivity index (χ1) is 16.7. The van der Waals surface area contributed by atoms with Gasteiger partial charge in [0.25, 0.3) is 5.91 Å². The van der Waals surface area contributed by atoms with Crippen molar-refractivity contribution in [2.24, 2.45) is 18.7 Å². The number of hydrogen-bond acceptors (Lipinski definition) is 8. The number of benzene rings is 1. The Balaban J connectivity index is 1.55. The van der Waals surface area contributed by atoms with E-state index in [1.165, 1.54) is 12.3 Å². The molecule has 2 aromatic heterocycles. The highest BCUT2D eigenvalue weighted by Crippen LogP contribution is 2.35. The normalized spacial score (nSPS) is 18.3. The zero-order valence-electron chi connectivity index (χ0n) is 18.9. The van der Waals surface area contributed by atoms with Crippen LogP contribution in [0.4, 0.5) is 25.3 Å². The average molecular weight is 506 g/mol. The number of hydrogen-bond donors (Lipinski definition) is 4. The van der Waals surface area contributed by atoms with Crippen LogP contribution in [0.1, 0.15) is 29.8 Å². The highest BCUT2D eigenvalue weighted by atomic mass is 32.1. The molecule has 1 amide bonds. The van der Waals surface area contributed by atoms with Crippen LogP contribution in [0.2, 0.25) is 0 Å². The third-order valence-corrected chi connectivity index (χ3v) is 6.95.